The van der Waals surface area contributed by atoms with E-state index in [1.54, 1.807) is 12.1 Å². The second-order valence-corrected chi connectivity index (χ2v) is 8.26. The Bertz CT molecular complexity index is 1070. The van der Waals surface area contributed by atoms with Crippen LogP contribution in [0.15, 0.2) is 66.7 Å². The number of para-hydroxylation sites is 1. The van der Waals surface area contributed by atoms with Gasteiger partial charge >= 0.3 is 0 Å². The maximum atomic E-state index is 12.7. The predicted octanol–water partition coefficient (Wildman–Crippen LogP) is 4.80. The van der Waals surface area contributed by atoms with E-state index in [2.05, 4.69) is 46.3 Å². The molecule has 5 nitrogen and oxygen atoms in total. The molecule has 1 fully saturated rings. The molecule has 160 valence electrons. The number of rotatable bonds is 7. The van der Waals surface area contributed by atoms with E-state index in [9.17, 15) is 9.59 Å². The number of hydrogen-bond acceptors (Lipinski definition) is 3. The Balaban J connectivity index is 1.35. The Hall–Kier alpha value is -3.18. The molecule has 3 aromatic carbocycles. The molecule has 1 atom stereocenters. The maximum Gasteiger partial charge on any atom is 0.253 e. The third-order valence-electron chi connectivity index (χ3n) is 5.98. The van der Waals surface area contributed by atoms with Gasteiger partial charge in [0, 0.05) is 12.1 Å². The lowest BCUT2D eigenvalue weighted by atomic mass is 10.0. The normalized spacial score (nSPS) is 15.0. The van der Waals surface area contributed by atoms with Gasteiger partial charge in [-0.3, -0.25) is 9.59 Å². The number of carbonyl (C=O) groups excluding carboxylic acids is 2. The highest BCUT2D eigenvalue weighted by Crippen LogP contribution is 2.21. The quantitative estimate of drug-likeness (QED) is 0.519. The minimum absolute atomic E-state index is 0.0243. The lowest BCUT2D eigenvalue weighted by molar-refractivity contribution is -0.115. The molecule has 0 bridgehead atoms. The molecule has 0 saturated heterocycles. The molecule has 4 rings (SSSR count). The first-order chi connectivity index (χ1) is 15.1. The number of anilines is 1. The molecule has 5 heteroatoms. The topological polar surface area (TPSA) is 70.2 Å². The van der Waals surface area contributed by atoms with Crippen LogP contribution in [0.3, 0.4) is 0 Å². The molecule has 3 N–H and O–H groups in total. The third kappa shape index (κ3) is 5.30. The van der Waals surface area contributed by atoms with Crippen LogP contribution in [0.25, 0.3) is 10.8 Å². The highest BCUT2D eigenvalue weighted by molar-refractivity contribution is 6.04. The van der Waals surface area contributed by atoms with E-state index < -0.39 is 0 Å². The zero-order valence-electron chi connectivity index (χ0n) is 17.9. The Labute approximate surface area is 183 Å². The predicted molar refractivity (Wildman–Crippen MR) is 125 cm³/mol. The van der Waals surface area contributed by atoms with Crippen molar-refractivity contribution in [2.75, 3.05) is 11.9 Å². The van der Waals surface area contributed by atoms with Crippen molar-refractivity contribution in [3.63, 3.8) is 0 Å². The second-order valence-electron chi connectivity index (χ2n) is 8.26. The zero-order valence-corrected chi connectivity index (χ0v) is 17.9. The van der Waals surface area contributed by atoms with Gasteiger partial charge in [-0.05, 0) is 54.3 Å². The maximum absolute atomic E-state index is 12.7. The van der Waals surface area contributed by atoms with Crippen LogP contribution in [-0.2, 0) is 4.79 Å². The fourth-order valence-corrected chi connectivity index (χ4v) is 4.16. The lowest BCUT2D eigenvalue weighted by Gasteiger charge is -2.17. The molecule has 2 amide bonds. The molecule has 0 spiro atoms. The van der Waals surface area contributed by atoms with E-state index in [0.29, 0.717) is 11.3 Å². The van der Waals surface area contributed by atoms with Gasteiger partial charge in [-0.25, -0.2) is 0 Å². The molecule has 0 heterocycles. The summed E-state index contributed by atoms with van der Waals surface area (Å²) in [7, 11) is 0. The Morgan fingerprint density at radius 3 is 2.45 bits per heavy atom. The van der Waals surface area contributed by atoms with E-state index in [0.717, 1.165) is 31.2 Å². The van der Waals surface area contributed by atoms with E-state index in [1.807, 2.05) is 31.2 Å². The fraction of sp³-hybridized carbons (Fsp3) is 0.308. The molecular weight excluding hydrogens is 386 g/mol. The monoisotopic (exact) mass is 415 g/mol. The van der Waals surface area contributed by atoms with Crippen molar-refractivity contribution < 1.29 is 9.59 Å². The minimum atomic E-state index is -0.172. The number of fused-ring (bicyclic) bond motifs is 1. The first kappa shape index (κ1) is 21.1. The largest absolute Gasteiger partial charge is 0.349 e. The van der Waals surface area contributed by atoms with Crippen LogP contribution < -0.4 is 16.0 Å². The van der Waals surface area contributed by atoms with E-state index in [4.69, 9.17) is 0 Å². The summed E-state index contributed by atoms with van der Waals surface area (Å²) in [6.45, 7) is 2.20. The van der Waals surface area contributed by atoms with Gasteiger partial charge < -0.3 is 16.0 Å². The van der Waals surface area contributed by atoms with Gasteiger partial charge in [0.1, 0.15) is 0 Å². The number of carbonyl (C=O) groups is 2. The lowest BCUT2D eigenvalue weighted by Crippen LogP contribution is -2.34. The molecule has 31 heavy (non-hydrogen) atoms. The van der Waals surface area contributed by atoms with Crippen LogP contribution in [0, 0.1) is 0 Å². The number of amides is 2. The molecule has 1 aliphatic rings. The molecule has 3 aromatic rings. The molecule has 0 radical (unpaired) electrons. The summed E-state index contributed by atoms with van der Waals surface area (Å²) in [5.41, 5.74) is 2.18. The van der Waals surface area contributed by atoms with Crippen molar-refractivity contribution >= 4 is 28.3 Å². The summed E-state index contributed by atoms with van der Waals surface area (Å²) in [6.07, 6.45) is 4.36. The Morgan fingerprint density at radius 2 is 1.65 bits per heavy atom. The number of benzene rings is 3. The van der Waals surface area contributed by atoms with Crippen molar-refractivity contribution in [3.8, 4) is 0 Å². The Morgan fingerprint density at radius 1 is 0.935 bits per heavy atom. The van der Waals surface area contributed by atoms with Crippen LogP contribution in [-0.4, -0.2) is 24.4 Å². The first-order valence-corrected chi connectivity index (χ1v) is 11.0. The summed E-state index contributed by atoms with van der Waals surface area (Å²) >= 11 is 0. The molecule has 0 unspecified atom stereocenters. The van der Waals surface area contributed by atoms with E-state index in [1.165, 1.54) is 10.8 Å². The summed E-state index contributed by atoms with van der Waals surface area (Å²) in [6, 6.07) is 22.0. The summed E-state index contributed by atoms with van der Waals surface area (Å²) < 4.78 is 0. The highest BCUT2D eigenvalue weighted by Gasteiger charge is 2.20. The van der Waals surface area contributed by atoms with Gasteiger partial charge in [-0.15, -0.1) is 0 Å². The highest BCUT2D eigenvalue weighted by atomic mass is 16.2. The number of hydrogen-bond donors (Lipinski definition) is 3. The van der Waals surface area contributed by atoms with Crippen LogP contribution in [0.4, 0.5) is 5.69 Å². The van der Waals surface area contributed by atoms with Crippen molar-refractivity contribution in [1.82, 2.24) is 10.6 Å². The van der Waals surface area contributed by atoms with Gasteiger partial charge in [0.15, 0.2) is 0 Å². The molecule has 0 aromatic heterocycles. The van der Waals surface area contributed by atoms with Gasteiger partial charge in [-0.2, -0.15) is 0 Å². The summed E-state index contributed by atoms with van der Waals surface area (Å²) in [5, 5.41) is 11.6. The van der Waals surface area contributed by atoms with Gasteiger partial charge in [-0.1, -0.05) is 61.4 Å². The van der Waals surface area contributed by atoms with Crippen molar-refractivity contribution in [3.05, 3.63) is 77.9 Å². The van der Waals surface area contributed by atoms with Gasteiger partial charge in [0.2, 0.25) is 5.91 Å². The van der Waals surface area contributed by atoms with Crippen molar-refractivity contribution in [1.29, 1.82) is 0 Å². The smallest absolute Gasteiger partial charge is 0.253 e. The second kappa shape index (κ2) is 9.75. The average molecular weight is 416 g/mol. The van der Waals surface area contributed by atoms with Gasteiger partial charge in [0.25, 0.3) is 5.91 Å². The van der Waals surface area contributed by atoms with Crippen LogP contribution in [0.5, 0.6) is 0 Å². The minimum Gasteiger partial charge on any atom is -0.349 e. The van der Waals surface area contributed by atoms with Crippen molar-refractivity contribution in [2.45, 2.75) is 44.7 Å². The molecular formula is C26H29N3O2. The Kier molecular flexibility index (Phi) is 6.63. The van der Waals surface area contributed by atoms with Crippen LogP contribution in [0.1, 0.15) is 54.6 Å². The van der Waals surface area contributed by atoms with E-state index in [-0.39, 0.29) is 30.4 Å². The fourth-order valence-electron chi connectivity index (χ4n) is 4.16. The zero-order chi connectivity index (χ0) is 21.6. The summed E-state index contributed by atoms with van der Waals surface area (Å²) in [4.78, 5) is 25.3. The van der Waals surface area contributed by atoms with E-state index >= 15 is 0 Å². The van der Waals surface area contributed by atoms with Gasteiger partial charge in [0.05, 0.1) is 17.8 Å². The van der Waals surface area contributed by atoms with Crippen molar-refractivity contribution in [2.24, 2.45) is 0 Å². The number of nitrogens with one attached hydrogen (secondary N) is 3. The molecule has 1 saturated carbocycles. The summed E-state index contributed by atoms with van der Waals surface area (Å²) in [5.74, 6) is -0.297. The SMILES string of the molecule is C[C@H](NCC(=O)Nc1ccccc1C(=O)NC1CCCC1)c1ccc2ccccc2c1. The van der Waals surface area contributed by atoms with Crippen LogP contribution >= 0.6 is 0 Å². The van der Waals surface area contributed by atoms with Crippen LogP contribution in [0.2, 0.25) is 0 Å². The molecule has 0 aliphatic heterocycles. The first-order valence-electron chi connectivity index (χ1n) is 11.0. The standard InChI is InChI=1S/C26H29N3O2/c1-18(20-15-14-19-8-2-3-9-21(19)16-20)27-17-25(30)29-24-13-7-6-12-23(24)26(31)28-22-10-4-5-11-22/h2-3,6-9,12-16,18,22,27H,4-5,10-11,17H2,1H3,(H,28,31)(H,29,30)/t18-/m0/s1. The molecule has 1 aliphatic carbocycles. The third-order valence-corrected chi connectivity index (χ3v) is 5.98. The average Bonchev–Trinajstić information content (AvgIpc) is 3.30.